The molecule has 0 aliphatic rings. The second-order valence-electron chi connectivity index (χ2n) is 7.28. The van der Waals surface area contributed by atoms with Crippen LogP contribution in [0.3, 0.4) is 0 Å². The highest BCUT2D eigenvalue weighted by atomic mass is 79.9. The molecule has 0 spiro atoms. The standard InChI is InChI=1S/C23H15BrFN5O6/c24-14-8-13(11-26-29-22(32)17-6-1-2-7-18(17)28-23(29)33)21(19(9-14)30(34)35)36-12-20(31)27-16-5-3-4-15(25)10-16/h1-11H,12H2,(H,27,31)(H,28,33). The van der Waals surface area contributed by atoms with Gasteiger partial charge >= 0.3 is 11.4 Å². The Bertz CT molecular complexity index is 1650. The van der Waals surface area contributed by atoms with Crippen molar-refractivity contribution >= 4 is 50.3 Å². The molecule has 3 aromatic carbocycles. The summed E-state index contributed by atoms with van der Waals surface area (Å²) in [5.41, 5.74) is -1.52. The van der Waals surface area contributed by atoms with Gasteiger partial charge in [-0.1, -0.05) is 34.1 Å². The fourth-order valence-electron chi connectivity index (χ4n) is 3.27. The molecule has 0 bridgehead atoms. The van der Waals surface area contributed by atoms with Gasteiger partial charge in [0, 0.05) is 21.8 Å². The lowest BCUT2D eigenvalue weighted by atomic mass is 10.2. The Labute approximate surface area is 209 Å². The molecule has 0 saturated heterocycles. The van der Waals surface area contributed by atoms with Crippen molar-refractivity contribution in [1.29, 1.82) is 0 Å². The van der Waals surface area contributed by atoms with Gasteiger partial charge in [0.05, 0.1) is 22.0 Å². The molecule has 0 atom stereocenters. The van der Waals surface area contributed by atoms with Crippen LogP contribution in [0.1, 0.15) is 5.56 Å². The molecule has 11 nitrogen and oxygen atoms in total. The highest BCUT2D eigenvalue weighted by Crippen LogP contribution is 2.34. The van der Waals surface area contributed by atoms with Gasteiger partial charge in [-0.3, -0.25) is 19.7 Å². The topological polar surface area (TPSA) is 149 Å². The molecule has 0 fully saturated rings. The number of halogens is 2. The van der Waals surface area contributed by atoms with Crippen molar-refractivity contribution < 1.29 is 18.8 Å². The maximum absolute atomic E-state index is 13.3. The van der Waals surface area contributed by atoms with Gasteiger partial charge in [0.1, 0.15) is 5.82 Å². The highest BCUT2D eigenvalue weighted by molar-refractivity contribution is 9.10. The number of H-pyrrole nitrogens is 1. The number of hydrogen-bond donors (Lipinski definition) is 2. The number of rotatable bonds is 7. The number of para-hydroxylation sites is 1. The van der Waals surface area contributed by atoms with Crippen molar-refractivity contribution in [3.8, 4) is 5.75 Å². The molecule has 1 aromatic heterocycles. The summed E-state index contributed by atoms with van der Waals surface area (Å²) in [5.74, 6) is -1.59. The van der Waals surface area contributed by atoms with Gasteiger partial charge in [0.2, 0.25) is 5.75 Å². The normalized spacial score (nSPS) is 11.1. The number of nitro groups is 1. The lowest BCUT2D eigenvalue weighted by Gasteiger charge is -2.11. The molecule has 1 amide bonds. The van der Waals surface area contributed by atoms with Crippen LogP contribution in [0.25, 0.3) is 10.9 Å². The van der Waals surface area contributed by atoms with Crippen molar-refractivity contribution in [2.24, 2.45) is 5.10 Å². The Morgan fingerprint density at radius 2 is 1.97 bits per heavy atom. The minimum absolute atomic E-state index is 0.00842. The third-order valence-corrected chi connectivity index (χ3v) is 5.27. The number of carbonyl (C=O) groups excluding carboxylic acids is 1. The van der Waals surface area contributed by atoms with Crippen LogP contribution in [-0.4, -0.2) is 33.3 Å². The fourth-order valence-corrected chi connectivity index (χ4v) is 3.73. The van der Waals surface area contributed by atoms with Gasteiger partial charge < -0.3 is 15.0 Å². The predicted octanol–water partition coefficient (Wildman–Crippen LogP) is 3.40. The molecule has 1 heterocycles. The summed E-state index contributed by atoms with van der Waals surface area (Å²) in [6.07, 6.45) is 1.03. The lowest BCUT2D eigenvalue weighted by molar-refractivity contribution is -0.385. The third-order valence-electron chi connectivity index (χ3n) is 4.81. The number of nitrogens with one attached hydrogen (secondary N) is 2. The summed E-state index contributed by atoms with van der Waals surface area (Å²) in [4.78, 5) is 50.8. The summed E-state index contributed by atoms with van der Waals surface area (Å²) >= 11 is 3.16. The van der Waals surface area contributed by atoms with E-state index in [1.54, 1.807) is 18.2 Å². The maximum Gasteiger partial charge on any atom is 0.349 e. The molecule has 0 radical (unpaired) electrons. The summed E-state index contributed by atoms with van der Waals surface area (Å²) in [6, 6.07) is 14.1. The van der Waals surface area contributed by atoms with E-state index in [4.69, 9.17) is 4.74 Å². The first-order valence-electron chi connectivity index (χ1n) is 10.2. The number of nitrogens with zero attached hydrogens (tertiary/aromatic N) is 3. The SMILES string of the molecule is O=C(COc1c(C=Nn2c(=O)[nH]c3ccccc3c2=O)cc(Br)cc1[N+](=O)[O-])Nc1cccc(F)c1. The molecule has 4 rings (SSSR count). The van der Waals surface area contributed by atoms with Crippen LogP contribution in [0.2, 0.25) is 0 Å². The molecule has 0 saturated carbocycles. The number of ether oxygens (including phenoxy) is 1. The summed E-state index contributed by atoms with van der Waals surface area (Å²) in [6.45, 7) is -0.656. The zero-order chi connectivity index (χ0) is 25.8. The first-order valence-corrected chi connectivity index (χ1v) is 11.0. The van der Waals surface area contributed by atoms with E-state index >= 15 is 0 Å². The number of fused-ring (bicyclic) bond motifs is 1. The maximum atomic E-state index is 13.3. The van der Waals surface area contributed by atoms with Gasteiger partial charge in [0.25, 0.3) is 11.5 Å². The van der Waals surface area contributed by atoms with Crippen LogP contribution in [0, 0.1) is 15.9 Å². The molecule has 0 aliphatic carbocycles. The van der Waals surface area contributed by atoms with E-state index in [0.717, 1.165) is 18.3 Å². The molecular formula is C23H15BrFN5O6. The van der Waals surface area contributed by atoms with E-state index in [0.29, 0.717) is 10.2 Å². The van der Waals surface area contributed by atoms with Crippen LogP contribution in [0.5, 0.6) is 5.75 Å². The quantitative estimate of drug-likeness (QED) is 0.203. The highest BCUT2D eigenvalue weighted by Gasteiger charge is 2.22. The monoisotopic (exact) mass is 555 g/mol. The summed E-state index contributed by atoms with van der Waals surface area (Å²) in [5, 5.41) is 18.2. The van der Waals surface area contributed by atoms with Crippen LogP contribution in [0.4, 0.5) is 15.8 Å². The number of carbonyl (C=O) groups is 1. The average Bonchev–Trinajstić information content (AvgIpc) is 2.83. The fraction of sp³-hybridized carbons (Fsp3) is 0.0435. The van der Waals surface area contributed by atoms with E-state index in [1.165, 1.54) is 30.3 Å². The van der Waals surface area contributed by atoms with Gasteiger partial charge in [-0.05, 0) is 36.4 Å². The number of anilines is 1. The molecule has 4 aromatic rings. The zero-order valence-electron chi connectivity index (χ0n) is 18.1. The molecule has 2 N–H and O–H groups in total. The number of hydrogen-bond acceptors (Lipinski definition) is 7. The van der Waals surface area contributed by atoms with Crippen LogP contribution >= 0.6 is 15.9 Å². The first kappa shape index (κ1) is 24.5. The van der Waals surface area contributed by atoms with E-state index < -0.39 is 40.2 Å². The second kappa shape index (κ2) is 10.3. The molecule has 182 valence electrons. The summed E-state index contributed by atoms with van der Waals surface area (Å²) in [7, 11) is 0. The molecular weight excluding hydrogens is 541 g/mol. The molecule has 0 unspecified atom stereocenters. The van der Waals surface area contributed by atoms with Crippen molar-refractivity contribution in [1.82, 2.24) is 9.66 Å². The van der Waals surface area contributed by atoms with E-state index in [9.17, 15) is 28.9 Å². The second-order valence-corrected chi connectivity index (χ2v) is 8.20. The van der Waals surface area contributed by atoms with Crippen molar-refractivity contribution in [2.75, 3.05) is 11.9 Å². The number of nitro benzene ring substituents is 1. The van der Waals surface area contributed by atoms with Crippen LogP contribution in [-0.2, 0) is 4.79 Å². The molecule has 0 aliphatic heterocycles. The Kier molecular flexibility index (Phi) is 7.01. The minimum atomic E-state index is -0.823. The smallest absolute Gasteiger partial charge is 0.349 e. The average molecular weight is 556 g/mol. The minimum Gasteiger partial charge on any atom is -0.476 e. The molecule has 13 heteroatoms. The van der Waals surface area contributed by atoms with Crippen molar-refractivity contribution in [2.45, 2.75) is 0 Å². The van der Waals surface area contributed by atoms with Gasteiger partial charge in [0.15, 0.2) is 6.61 Å². The third kappa shape index (κ3) is 5.36. The number of aromatic nitrogens is 2. The van der Waals surface area contributed by atoms with Crippen molar-refractivity contribution in [3.63, 3.8) is 0 Å². The Morgan fingerprint density at radius 1 is 1.19 bits per heavy atom. The van der Waals surface area contributed by atoms with Gasteiger partial charge in [-0.2, -0.15) is 5.10 Å². The largest absolute Gasteiger partial charge is 0.476 e. The van der Waals surface area contributed by atoms with E-state index in [2.05, 4.69) is 31.3 Å². The summed E-state index contributed by atoms with van der Waals surface area (Å²) < 4.78 is 19.6. The number of amides is 1. The number of aromatic amines is 1. The number of benzene rings is 3. The van der Waals surface area contributed by atoms with E-state index in [-0.39, 0.29) is 26.9 Å². The Balaban J connectivity index is 1.67. The first-order chi connectivity index (χ1) is 17.2. The zero-order valence-corrected chi connectivity index (χ0v) is 19.7. The predicted molar refractivity (Wildman–Crippen MR) is 133 cm³/mol. The Hall–Kier alpha value is -4.65. The van der Waals surface area contributed by atoms with Gasteiger partial charge in [-0.25, -0.2) is 9.18 Å². The lowest BCUT2D eigenvalue weighted by Crippen LogP contribution is -2.32. The molecule has 36 heavy (non-hydrogen) atoms. The van der Waals surface area contributed by atoms with Crippen LogP contribution in [0.15, 0.2) is 79.8 Å². The van der Waals surface area contributed by atoms with Crippen LogP contribution < -0.4 is 21.3 Å². The Morgan fingerprint density at radius 3 is 2.72 bits per heavy atom. The van der Waals surface area contributed by atoms with Crippen molar-refractivity contribution in [3.05, 3.63) is 107 Å². The van der Waals surface area contributed by atoms with E-state index in [1.807, 2.05) is 0 Å². The van der Waals surface area contributed by atoms with Gasteiger partial charge in [-0.15, -0.1) is 4.68 Å².